The molecule has 0 aliphatic heterocycles. The van der Waals surface area contributed by atoms with Gasteiger partial charge >= 0.3 is 0 Å². The first-order valence-electron chi connectivity index (χ1n) is 3.53. The van der Waals surface area contributed by atoms with E-state index < -0.39 is 0 Å². The Hall–Kier alpha value is -0.300. The molecular weight excluding hydrogens is 112 g/mol. The maximum Gasteiger partial charge on any atom is 0.0544 e. The van der Waals surface area contributed by atoms with E-state index in [-0.39, 0.29) is 0 Å². The summed E-state index contributed by atoms with van der Waals surface area (Å²) in [6.07, 6.45) is 4.34. The summed E-state index contributed by atoms with van der Waals surface area (Å²) in [7, 11) is 0. The lowest BCUT2D eigenvalue weighted by Gasteiger charge is -2.07. The highest BCUT2D eigenvalue weighted by Gasteiger charge is 1.94. The molecule has 0 aliphatic carbocycles. The summed E-state index contributed by atoms with van der Waals surface area (Å²) in [5.41, 5.74) is 0. The fourth-order valence-corrected chi connectivity index (χ4v) is 0.470. The SMILES string of the molecule is C=CCCOC(C)CC. The van der Waals surface area contributed by atoms with Crippen molar-refractivity contribution in [3.05, 3.63) is 12.7 Å². The van der Waals surface area contributed by atoms with E-state index in [0.717, 1.165) is 19.4 Å². The Kier molecular flexibility index (Phi) is 5.64. The second kappa shape index (κ2) is 5.83. The van der Waals surface area contributed by atoms with Crippen LogP contribution in [0.5, 0.6) is 0 Å². The van der Waals surface area contributed by atoms with E-state index in [9.17, 15) is 0 Å². The molecule has 0 aromatic rings. The first kappa shape index (κ1) is 8.70. The van der Waals surface area contributed by atoms with Crippen LogP contribution in [-0.4, -0.2) is 12.7 Å². The molecule has 0 amide bonds. The minimum atomic E-state index is 0.407. The molecule has 9 heavy (non-hydrogen) atoms. The molecule has 0 fully saturated rings. The summed E-state index contributed by atoms with van der Waals surface area (Å²) < 4.78 is 5.36. The van der Waals surface area contributed by atoms with Crippen molar-refractivity contribution in [2.24, 2.45) is 0 Å². The van der Waals surface area contributed by atoms with Gasteiger partial charge in [0.15, 0.2) is 0 Å². The Morgan fingerprint density at radius 1 is 1.67 bits per heavy atom. The van der Waals surface area contributed by atoms with Crippen LogP contribution in [0.1, 0.15) is 26.7 Å². The second-order valence-electron chi connectivity index (χ2n) is 2.17. The first-order valence-corrected chi connectivity index (χ1v) is 3.53. The van der Waals surface area contributed by atoms with Crippen LogP contribution < -0.4 is 0 Å². The molecule has 1 unspecified atom stereocenters. The molecule has 0 heterocycles. The van der Waals surface area contributed by atoms with Crippen LogP contribution >= 0.6 is 0 Å². The Morgan fingerprint density at radius 2 is 2.33 bits per heavy atom. The predicted molar refractivity (Wildman–Crippen MR) is 40.5 cm³/mol. The summed E-state index contributed by atoms with van der Waals surface area (Å²) in [4.78, 5) is 0. The monoisotopic (exact) mass is 128 g/mol. The molecule has 0 spiro atoms. The van der Waals surface area contributed by atoms with Gasteiger partial charge in [-0.2, -0.15) is 0 Å². The average molecular weight is 128 g/mol. The molecule has 0 rings (SSSR count). The third-order valence-electron chi connectivity index (χ3n) is 1.30. The summed E-state index contributed by atoms with van der Waals surface area (Å²) in [6, 6.07) is 0. The van der Waals surface area contributed by atoms with Crippen LogP contribution in [-0.2, 0) is 4.74 Å². The van der Waals surface area contributed by atoms with E-state index in [1.165, 1.54) is 0 Å². The van der Waals surface area contributed by atoms with Crippen LogP contribution in [0.3, 0.4) is 0 Å². The minimum absolute atomic E-state index is 0.407. The van der Waals surface area contributed by atoms with Crippen molar-refractivity contribution in [1.29, 1.82) is 0 Å². The zero-order chi connectivity index (χ0) is 7.11. The van der Waals surface area contributed by atoms with Gasteiger partial charge in [0.25, 0.3) is 0 Å². The maximum absolute atomic E-state index is 5.36. The topological polar surface area (TPSA) is 9.23 Å². The van der Waals surface area contributed by atoms with Crippen LogP contribution in [0.4, 0.5) is 0 Å². The standard InChI is InChI=1S/C8H16O/c1-4-6-7-9-8(3)5-2/h4,8H,1,5-7H2,2-3H3. The Balaban J connectivity index is 2.96. The zero-order valence-electron chi connectivity index (χ0n) is 6.39. The molecule has 54 valence electrons. The molecule has 0 aliphatic rings. The van der Waals surface area contributed by atoms with Gasteiger partial charge in [-0.1, -0.05) is 13.0 Å². The molecule has 1 nitrogen and oxygen atoms in total. The van der Waals surface area contributed by atoms with Gasteiger partial charge < -0.3 is 4.74 Å². The molecule has 0 bridgehead atoms. The molecule has 1 heteroatoms. The van der Waals surface area contributed by atoms with Gasteiger partial charge in [-0.05, 0) is 19.8 Å². The van der Waals surface area contributed by atoms with Gasteiger partial charge in [-0.25, -0.2) is 0 Å². The van der Waals surface area contributed by atoms with Crippen molar-refractivity contribution in [3.8, 4) is 0 Å². The lowest BCUT2D eigenvalue weighted by atomic mass is 10.3. The lowest BCUT2D eigenvalue weighted by Crippen LogP contribution is -2.06. The fraction of sp³-hybridized carbons (Fsp3) is 0.750. The summed E-state index contributed by atoms with van der Waals surface area (Å²) >= 11 is 0. The van der Waals surface area contributed by atoms with E-state index in [2.05, 4.69) is 20.4 Å². The minimum Gasteiger partial charge on any atom is -0.378 e. The number of ether oxygens (including phenoxy) is 1. The molecule has 0 saturated carbocycles. The van der Waals surface area contributed by atoms with Crippen molar-refractivity contribution >= 4 is 0 Å². The largest absolute Gasteiger partial charge is 0.378 e. The zero-order valence-corrected chi connectivity index (χ0v) is 6.39. The highest BCUT2D eigenvalue weighted by molar-refractivity contribution is 4.64. The first-order chi connectivity index (χ1) is 4.31. The van der Waals surface area contributed by atoms with E-state index >= 15 is 0 Å². The van der Waals surface area contributed by atoms with Crippen molar-refractivity contribution in [3.63, 3.8) is 0 Å². The molecule has 0 aromatic carbocycles. The Morgan fingerprint density at radius 3 is 2.78 bits per heavy atom. The lowest BCUT2D eigenvalue weighted by molar-refractivity contribution is 0.0671. The number of hydrogen-bond donors (Lipinski definition) is 0. The normalized spacial score (nSPS) is 13.1. The van der Waals surface area contributed by atoms with Gasteiger partial charge in [0.2, 0.25) is 0 Å². The molecule has 0 saturated heterocycles. The number of hydrogen-bond acceptors (Lipinski definition) is 1. The summed E-state index contributed by atoms with van der Waals surface area (Å²) in [5, 5.41) is 0. The van der Waals surface area contributed by atoms with Crippen molar-refractivity contribution < 1.29 is 4.74 Å². The van der Waals surface area contributed by atoms with Crippen LogP contribution in [0.2, 0.25) is 0 Å². The highest BCUT2D eigenvalue weighted by Crippen LogP contribution is 1.96. The third-order valence-corrected chi connectivity index (χ3v) is 1.30. The maximum atomic E-state index is 5.36. The molecule has 0 N–H and O–H groups in total. The van der Waals surface area contributed by atoms with Crippen molar-refractivity contribution in [2.45, 2.75) is 32.8 Å². The summed E-state index contributed by atoms with van der Waals surface area (Å²) in [6.45, 7) is 8.63. The van der Waals surface area contributed by atoms with E-state index in [0.29, 0.717) is 6.10 Å². The van der Waals surface area contributed by atoms with Crippen molar-refractivity contribution in [1.82, 2.24) is 0 Å². The summed E-state index contributed by atoms with van der Waals surface area (Å²) in [5.74, 6) is 0. The van der Waals surface area contributed by atoms with E-state index in [1.807, 2.05) is 6.08 Å². The molecular formula is C8H16O. The van der Waals surface area contributed by atoms with Crippen molar-refractivity contribution in [2.75, 3.05) is 6.61 Å². The second-order valence-corrected chi connectivity index (χ2v) is 2.17. The predicted octanol–water partition coefficient (Wildman–Crippen LogP) is 2.38. The Bertz CT molecular complexity index is 69.0. The Labute approximate surface area is 57.7 Å². The third kappa shape index (κ3) is 5.57. The van der Waals surface area contributed by atoms with Gasteiger partial charge in [-0.3, -0.25) is 0 Å². The van der Waals surface area contributed by atoms with Gasteiger partial charge in [-0.15, -0.1) is 6.58 Å². The van der Waals surface area contributed by atoms with E-state index in [1.54, 1.807) is 0 Å². The van der Waals surface area contributed by atoms with Crippen LogP contribution in [0.25, 0.3) is 0 Å². The van der Waals surface area contributed by atoms with Crippen LogP contribution in [0, 0.1) is 0 Å². The quantitative estimate of drug-likeness (QED) is 0.408. The fourth-order valence-electron chi connectivity index (χ4n) is 0.470. The highest BCUT2D eigenvalue weighted by atomic mass is 16.5. The molecule has 1 atom stereocenters. The van der Waals surface area contributed by atoms with Crippen LogP contribution in [0.15, 0.2) is 12.7 Å². The van der Waals surface area contributed by atoms with Gasteiger partial charge in [0.1, 0.15) is 0 Å². The smallest absolute Gasteiger partial charge is 0.0544 e. The average Bonchev–Trinajstić information content (AvgIpc) is 1.89. The number of rotatable bonds is 5. The molecule has 0 aromatic heterocycles. The molecule has 0 radical (unpaired) electrons. The van der Waals surface area contributed by atoms with Gasteiger partial charge in [0.05, 0.1) is 12.7 Å². The van der Waals surface area contributed by atoms with Gasteiger partial charge in [0, 0.05) is 0 Å². The van der Waals surface area contributed by atoms with E-state index in [4.69, 9.17) is 4.74 Å².